The molecule has 0 aromatic carbocycles. The summed E-state index contributed by atoms with van der Waals surface area (Å²) in [5.41, 5.74) is 0. The molecule has 2 aliphatic rings. The van der Waals surface area contributed by atoms with E-state index < -0.39 is 0 Å². The van der Waals surface area contributed by atoms with E-state index in [0.717, 1.165) is 39.0 Å². The Hall–Kier alpha value is -0.570. The van der Waals surface area contributed by atoms with E-state index in [1.54, 1.807) is 0 Å². The number of rotatable bonds is 6. The van der Waals surface area contributed by atoms with E-state index in [2.05, 4.69) is 17.1 Å². The first-order valence-electron chi connectivity index (χ1n) is 8.28. The lowest BCUT2D eigenvalue weighted by atomic mass is 9.98. The minimum Gasteiger partial charge on any atom is -0.342 e. The molecule has 1 heterocycles. The summed E-state index contributed by atoms with van der Waals surface area (Å²) in [4.78, 5) is 14.6. The molecule has 3 heteroatoms. The van der Waals surface area contributed by atoms with Crippen LogP contribution in [-0.4, -0.2) is 37.0 Å². The molecule has 1 N–H and O–H groups in total. The molecule has 19 heavy (non-hydrogen) atoms. The van der Waals surface area contributed by atoms with Crippen molar-refractivity contribution in [3.63, 3.8) is 0 Å². The standard InChI is InChI=1S/C16H30N2O/c1-2-10-18(13-15-8-5-9-17-12-15)16(19)11-14-6-3-4-7-14/h14-15,17H,2-13H2,1H3. The van der Waals surface area contributed by atoms with Crippen LogP contribution in [0.5, 0.6) is 0 Å². The fourth-order valence-corrected chi connectivity index (χ4v) is 3.57. The molecular formula is C16H30N2O. The second-order valence-corrected chi connectivity index (χ2v) is 6.41. The van der Waals surface area contributed by atoms with E-state index >= 15 is 0 Å². The predicted octanol–water partition coefficient (Wildman–Crippen LogP) is 2.80. The largest absolute Gasteiger partial charge is 0.342 e. The van der Waals surface area contributed by atoms with E-state index in [1.165, 1.54) is 38.5 Å². The highest BCUT2D eigenvalue weighted by Gasteiger charge is 2.24. The molecule has 1 aliphatic carbocycles. The Morgan fingerprint density at radius 2 is 1.89 bits per heavy atom. The summed E-state index contributed by atoms with van der Waals surface area (Å²) in [6.07, 6.45) is 9.64. The van der Waals surface area contributed by atoms with Crippen LogP contribution in [0.2, 0.25) is 0 Å². The lowest BCUT2D eigenvalue weighted by Crippen LogP contribution is -2.41. The van der Waals surface area contributed by atoms with Gasteiger partial charge in [-0.3, -0.25) is 4.79 Å². The molecular weight excluding hydrogens is 236 g/mol. The molecule has 0 aromatic heterocycles. The van der Waals surface area contributed by atoms with Gasteiger partial charge in [-0.05, 0) is 57.0 Å². The first-order valence-corrected chi connectivity index (χ1v) is 8.28. The number of carbonyl (C=O) groups excluding carboxylic acids is 1. The minimum atomic E-state index is 0.416. The predicted molar refractivity (Wildman–Crippen MR) is 79.0 cm³/mol. The van der Waals surface area contributed by atoms with Gasteiger partial charge < -0.3 is 10.2 Å². The molecule has 110 valence electrons. The van der Waals surface area contributed by atoms with Gasteiger partial charge in [0.25, 0.3) is 0 Å². The number of amides is 1. The van der Waals surface area contributed by atoms with Crippen LogP contribution in [-0.2, 0) is 4.79 Å². The van der Waals surface area contributed by atoms with Crippen molar-refractivity contribution >= 4 is 5.91 Å². The molecule has 0 radical (unpaired) electrons. The molecule has 0 bridgehead atoms. The molecule has 1 saturated carbocycles. The van der Waals surface area contributed by atoms with Gasteiger partial charge in [-0.1, -0.05) is 19.8 Å². The Balaban J connectivity index is 1.80. The van der Waals surface area contributed by atoms with Crippen LogP contribution in [0.4, 0.5) is 0 Å². The number of nitrogens with zero attached hydrogens (tertiary/aromatic N) is 1. The third kappa shape index (κ3) is 4.79. The number of piperidine rings is 1. The van der Waals surface area contributed by atoms with Crippen LogP contribution in [0.15, 0.2) is 0 Å². The van der Waals surface area contributed by atoms with Crippen LogP contribution in [0.3, 0.4) is 0 Å². The van der Waals surface area contributed by atoms with Gasteiger partial charge in [0.15, 0.2) is 0 Å². The van der Waals surface area contributed by atoms with Crippen molar-refractivity contribution in [2.75, 3.05) is 26.2 Å². The maximum atomic E-state index is 12.5. The summed E-state index contributed by atoms with van der Waals surface area (Å²) in [6, 6.07) is 0. The maximum Gasteiger partial charge on any atom is 0.222 e. The maximum absolute atomic E-state index is 12.5. The van der Waals surface area contributed by atoms with Crippen molar-refractivity contribution in [2.45, 2.75) is 58.3 Å². The summed E-state index contributed by atoms with van der Waals surface area (Å²) in [7, 11) is 0. The Labute approximate surface area is 118 Å². The van der Waals surface area contributed by atoms with Crippen molar-refractivity contribution in [2.24, 2.45) is 11.8 Å². The lowest BCUT2D eigenvalue weighted by molar-refractivity contribution is -0.133. The summed E-state index contributed by atoms with van der Waals surface area (Å²) in [5.74, 6) is 1.77. The molecule has 2 rings (SSSR count). The minimum absolute atomic E-state index is 0.416. The average molecular weight is 266 g/mol. The molecule has 1 saturated heterocycles. The highest BCUT2D eigenvalue weighted by atomic mass is 16.2. The van der Waals surface area contributed by atoms with Gasteiger partial charge >= 0.3 is 0 Å². The van der Waals surface area contributed by atoms with Crippen molar-refractivity contribution in [1.29, 1.82) is 0 Å². The van der Waals surface area contributed by atoms with E-state index in [0.29, 0.717) is 17.7 Å². The molecule has 1 aliphatic heterocycles. The fourth-order valence-electron chi connectivity index (χ4n) is 3.57. The van der Waals surface area contributed by atoms with E-state index in [-0.39, 0.29) is 0 Å². The van der Waals surface area contributed by atoms with Gasteiger partial charge in [0, 0.05) is 19.5 Å². The smallest absolute Gasteiger partial charge is 0.222 e. The molecule has 1 amide bonds. The number of hydrogen-bond acceptors (Lipinski definition) is 2. The zero-order valence-corrected chi connectivity index (χ0v) is 12.5. The SMILES string of the molecule is CCCN(CC1CCCNC1)C(=O)CC1CCCC1. The van der Waals surface area contributed by atoms with Crippen molar-refractivity contribution < 1.29 is 4.79 Å². The topological polar surface area (TPSA) is 32.3 Å². The van der Waals surface area contributed by atoms with Crippen LogP contribution in [0.1, 0.15) is 58.3 Å². The van der Waals surface area contributed by atoms with Crippen molar-refractivity contribution in [3.8, 4) is 0 Å². The van der Waals surface area contributed by atoms with E-state index in [9.17, 15) is 4.79 Å². The molecule has 0 spiro atoms. The summed E-state index contributed by atoms with van der Waals surface area (Å²) >= 11 is 0. The highest BCUT2D eigenvalue weighted by Crippen LogP contribution is 2.28. The summed E-state index contributed by atoms with van der Waals surface area (Å²) < 4.78 is 0. The monoisotopic (exact) mass is 266 g/mol. The third-order valence-corrected chi connectivity index (χ3v) is 4.66. The van der Waals surface area contributed by atoms with E-state index in [1.807, 2.05) is 0 Å². The molecule has 3 nitrogen and oxygen atoms in total. The zero-order chi connectivity index (χ0) is 13.5. The third-order valence-electron chi connectivity index (χ3n) is 4.66. The van der Waals surface area contributed by atoms with Gasteiger partial charge in [0.05, 0.1) is 0 Å². The van der Waals surface area contributed by atoms with Crippen molar-refractivity contribution in [1.82, 2.24) is 10.2 Å². The molecule has 1 unspecified atom stereocenters. The van der Waals surface area contributed by atoms with Gasteiger partial charge in [-0.15, -0.1) is 0 Å². The number of hydrogen-bond donors (Lipinski definition) is 1. The van der Waals surface area contributed by atoms with Gasteiger partial charge in [-0.2, -0.15) is 0 Å². The molecule has 2 fully saturated rings. The molecule has 1 atom stereocenters. The first kappa shape index (κ1) is 14.8. The lowest BCUT2D eigenvalue weighted by Gasteiger charge is -2.30. The Morgan fingerprint density at radius 1 is 1.16 bits per heavy atom. The highest BCUT2D eigenvalue weighted by molar-refractivity contribution is 5.76. The Kier molecular flexibility index (Phi) is 6.15. The average Bonchev–Trinajstić information content (AvgIpc) is 2.92. The van der Waals surface area contributed by atoms with Crippen LogP contribution >= 0.6 is 0 Å². The Morgan fingerprint density at radius 3 is 2.53 bits per heavy atom. The quantitative estimate of drug-likeness (QED) is 0.802. The van der Waals surface area contributed by atoms with Gasteiger partial charge in [0.1, 0.15) is 0 Å². The second kappa shape index (κ2) is 7.88. The summed E-state index contributed by atoms with van der Waals surface area (Å²) in [5, 5.41) is 3.46. The fraction of sp³-hybridized carbons (Fsp3) is 0.938. The van der Waals surface area contributed by atoms with Gasteiger partial charge in [0.2, 0.25) is 5.91 Å². The second-order valence-electron chi connectivity index (χ2n) is 6.41. The van der Waals surface area contributed by atoms with E-state index in [4.69, 9.17) is 0 Å². The zero-order valence-electron chi connectivity index (χ0n) is 12.5. The van der Waals surface area contributed by atoms with Crippen LogP contribution < -0.4 is 5.32 Å². The Bertz CT molecular complexity index is 268. The normalized spacial score (nSPS) is 24.6. The van der Waals surface area contributed by atoms with Crippen LogP contribution in [0, 0.1) is 11.8 Å². The number of carbonyl (C=O) groups is 1. The number of nitrogens with one attached hydrogen (secondary N) is 1. The van der Waals surface area contributed by atoms with Crippen LogP contribution in [0.25, 0.3) is 0 Å². The van der Waals surface area contributed by atoms with Gasteiger partial charge in [-0.25, -0.2) is 0 Å². The molecule has 0 aromatic rings. The first-order chi connectivity index (χ1) is 9.29. The van der Waals surface area contributed by atoms with Crippen molar-refractivity contribution in [3.05, 3.63) is 0 Å². The summed E-state index contributed by atoms with van der Waals surface area (Å²) in [6.45, 7) is 6.35.